The lowest BCUT2D eigenvalue weighted by atomic mass is 9.98. The van der Waals surface area contributed by atoms with Gasteiger partial charge < -0.3 is 14.8 Å². The Bertz CT molecular complexity index is 1770. The first-order valence-corrected chi connectivity index (χ1v) is 14.2. The van der Waals surface area contributed by atoms with Gasteiger partial charge in [0.1, 0.15) is 0 Å². The molecule has 5 rings (SSSR count). The molecule has 0 saturated carbocycles. The lowest BCUT2D eigenvalue weighted by Gasteiger charge is -2.31. The molecule has 4 aromatic rings. The number of benzene rings is 4. The molecule has 1 aliphatic rings. The maximum Gasteiger partial charge on any atom is 0.304 e. The second-order valence-corrected chi connectivity index (χ2v) is 10.7. The summed E-state index contributed by atoms with van der Waals surface area (Å²) in [7, 11) is 0. The Morgan fingerprint density at radius 3 is 2.07 bits per heavy atom. The molecule has 0 fully saturated rings. The molecule has 8 nitrogen and oxygen atoms in total. The van der Waals surface area contributed by atoms with E-state index < -0.39 is 48.4 Å². The number of ether oxygens (including phenoxy) is 2. The van der Waals surface area contributed by atoms with Crippen LogP contribution in [-0.4, -0.2) is 35.9 Å². The van der Waals surface area contributed by atoms with E-state index in [0.29, 0.717) is 11.1 Å². The van der Waals surface area contributed by atoms with Crippen molar-refractivity contribution in [1.29, 1.82) is 0 Å². The fourth-order valence-corrected chi connectivity index (χ4v) is 5.35. The minimum atomic E-state index is -3.72. The number of fused-ring (bicyclic) bond motifs is 1. The third kappa shape index (κ3) is 6.59. The van der Waals surface area contributed by atoms with Crippen LogP contribution in [0.2, 0.25) is 0 Å². The van der Waals surface area contributed by atoms with Gasteiger partial charge in [0, 0.05) is 25.0 Å². The number of para-hydroxylation sites is 2. The van der Waals surface area contributed by atoms with Gasteiger partial charge in [-0.2, -0.15) is 0 Å². The summed E-state index contributed by atoms with van der Waals surface area (Å²) < 4.78 is 41.7. The highest BCUT2D eigenvalue weighted by Gasteiger charge is 2.52. The van der Waals surface area contributed by atoms with Crippen molar-refractivity contribution in [2.45, 2.75) is 45.4 Å². The zero-order valence-electron chi connectivity index (χ0n) is 24.8. The molecule has 10 heteroatoms. The van der Waals surface area contributed by atoms with Gasteiger partial charge >= 0.3 is 11.9 Å². The van der Waals surface area contributed by atoms with Gasteiger partial charge in [-0.05, 0) is 42.3 Å². The lowest BCUT2D eigenvalue weighted by Crippen LogP contribution is -2.45. The molecule has 2 atom stereocenters. The predicted molar refractivity (Wildman–Crippen MR) is 164 cm³/mol. The third-order valence-corrected chi connectivity index (χ3v) is 7.34. The first-order chi connectivity index (χ1) is 21.5. The third-order valence-electron chi connectivity index (χ3n) is 7.34. The van der Waals surface area contributed by atoms with Crippen LogP contribution in [0.1, 0.15) is 58.2 Å². The molecule has 0 aromatic heterocycles. The molecule has 1 N–H and O–H groups in total. The molecule has 0 bridgehead atoms. The second kappa shape index (κ2) is 12.7. The van der Waals surface area contributed by atoms with Crippen molar-refractivity contribution in [3.63, 3.8) is 0 Å². The number of nitrogens with zero attached hydrogens (tertiary/aromatic N) is 1. The first-order valence-electron chi connectivity index (χ1n) is 14.2. The zero-order valence-corrected chi connectivity index (χ0v) is 24.8. The minimum Gasteiger partial charge on any atom is -0.451 e. The molecule has 1 heterocycles. The Balaban J connectivity index is 1.57. The van der Waals surface area contributed by atoms with Crippen molar-refractivity contribution < 1.29 is 37.4 Å². The van der Waals surface area contributed by atoms with Crippen molar-refractivity contribution in [3.8, 4) is 11.1 Å². The Hall–Kier alpha value is -5.38. The summed E-state index contributed by atoms with van der Waals surface area (Å²) in [6.45, 7) is 4.01. The van der Waals surface area contributed by atoms with E-state index >= 15 is 8.78 Å². The molecule has 2 amide bonds. The highest BCUT2D eigenvalue weighted by Crippen LogP contribution is 2.47. The lowest BCUT2D eigenvalue weighted by molar-refractivity contribution is -0.181. The van der Waals surface area contributed by atoms with E-state index in [4.69, 9.17) is 9.47 Å². The van der Waals surface area contributed by atoms with Crippen molar-refractivity contribution in [1.82, 2.24) is 0 Å². The maximum atomic E-state index is 15.7. The van der Waals surface area contributed by atoms with Crippen LogP contribution in [0.15, 0.2) is 97.1 Å². The topological polar surface area (TPSA) is 102 Å². The largest absolute Gasteiger partial charge is 0.451 e. The highest BCUT2D eigenvalue weighted by molar-refractivity contribution is 6.15. The number of hydrogen-bond donors (Lipinski definition) is 1. The van der Waals surface area contributed by atoms with Crippen LogP contribution >= 0.6 is 0 Å². The number of alkyl halides is 2. The minimum absolute atomic E-state index is 0.0389. The van der Waals surface area contributed by atoms with Gasteiger partial charge in [-0.15, -0.1) is 0 Å². The SMILES string of the molecule is CC(=O)OC1CC(F)(F)C(OC(C)=O)c2ccccc2N1C(=O)c1ccccc1NC(=O)c1ccccc1-c1ccc(C)cc1. The Kier molecular flexibility index (Phi) is 8.76. The Morgan fingerprint density at radius 1 is 0.778 bits per heavy atom. The van der Waals surface area contributed by atoms with E-state index in [2.05, 4.69) is 5.32 Å². The van der Waals surface area contributed by atoms with E-state index in [1.54, 1.807) is 24.3 Å². The van der Waals surface area contributed by atoms with Gasteiger partial charge in [-0.1, -0.05) is 78.4 Å². The van der Waals surface area contributed by atoms with Gasteiger partial charge in [-0.25, -0.2) is 8.78 Å². The van der Waals surface area contributed by atoms with E-state index in [-0.39, 0.29) is 22.5 Å². The number of carbonyl (C=O) groups excluding carboxylic acids is 4. The van der Waals surface area contributed by atoms with Crippen LogP contribution in [0.25, 0.3) is 11.1 Å². The van der Waals surface area contributed by atoms with E-state index in [1.165, 1.54) is 36.4 Å². The molecule has 1 aliphatic heterocycles. The number of carbonyl (C=O) groups is 4. The predicted octanol–water partition coefficient (Wildman–Crippen LogP) is 7.09. The molecular formula is C35H30F2N2O6. The summed E-state index contributed by atoms with van der Waals surface area (Å²) in [6.07, 6.45) is -4.96. The molecule has 0 radical (unpaired) electrons. The first kappa shape index (κ1) is 31.1. The maximum absolute atomic E-state index is 15.7. The molecule has 2 unspecified atom stereocenters. The fourth-order valence-electron chi connectivity index (χ4n) is 5.35. The standard InChI is InChI=1S/C35H30F2N2O6/c1-21-16-18-24(19-17-21)25-10-4-5-11-26(25)33(42)38-29-14-8-6-12-27(29)34(43)39-30-15-9-7-13-28(30)32(45-23(3)41)35(36,37)20-31(39)44-22(2)40/h4-19,31-32H,20H2,1-3H3,(H,38,42). The van der Waals surface area contributed by atoms with Crippen molar-refractivity contribution in [2.75, 3.05) is 10.2 Å². The summed E-state index contributed by atoms with van der Waals surface area (Å²) in [5.41, 5.74) is 2.80. The number of anilines is 2. The smallest absolute Gasteiger partial charge is 0.304 e. The molecule has 4 aromatic carbocycles. The number of aryl methyl sites for hydroxylation is 1. The summed E-state index contributed by atoms with van der Waals surface area (Å²) in [4.78, 5) is 52.9. The average Bonchev–Trinajstić information content (AvgIpc) is 3.08. The summed E-state index contributed by atoms with van der Waals surface area (Å²) in [5, 5.41) is 2.80. The fraction of sp³-hybridized carbons (Fsp3) is 0.200. The van der Waals surface area contributed by atoms with Crippen LogP contribution in [0.4, 0.5) is 20.2 Å². The van der Waals surface area contributed by atoms with Crippen molar-refractivity contribution in [2.24, 2.45) is 0 Å². The molecular weight excluding hydrogens is 582 g/mol. The number of amides is 2. The normalized spacial score (nSPS) is 17.0. The zero-order chi connectivity index (χ0) is 32.3. The van der Waals surface area contributed by atoms with Gasteiger partial charge in [0.2, 0.25) is 0 Å². The number of nitrogens with one attached hydrogen (secondary N) is 1. The average molecular weight is 613 g/mol. The van der Waals surface area contributed by atoms with Gasteiger partial charge in [0.25, 0.3) is 17.7 Å². The van der Waals surface area contributed by atoms with Crippen molar-refractivity contribution in [3.05, 3.63) is 119 Å². The molecule has 45 heavy (non-hydrogen) atoms. The van der Waals surface area contributed by atoms with Gasteiger partial charge in [0.15, 0.2) is 12.3 Å². The Labute approximate surface area is 258 Å². The molecule has 0 spiro atoms. The quantitative estimate of drug-likeness (QED) is 0.233. The summed E-state index contributed by atoms with van der Waals surface area (Å²) in [6, 6.07) is 26.5. The number of rotatable bonds is 6. The van der Waals surface area contributed by atoms with E-state index in [0.717, 1.165) is 29.9 Å². The molecule has 0 saturated heterocycles. The van der Waals surface area contributed by atoms with E-state index in [9.17, 15) is 19.2 Å². The number of hydrogen-bond acceptors (Lipinski definition) is 6. The van der Waals surface area contributed by atoms with Gasteiger partial charge in [0.05, 0.1) is 23.4 Å². The number of halogens is 2. The van der Waals surface area contributed by atoms with Crippen LogP contribution in [0.5, 0.6) is 0 Å². The van der Waals surface area contributed by atoms with Gasteiger partial charge in [-0.3, -0.25) is 24.1 Å². The van der Waals surface area contributed by atoms with Crippen LogP contribution in [0.3, 0.4) is 0 Å². The van der Waals surface area contributed by atoms with Crippen LogP contribution in [0, 0.1) is 6.92 Å². The highest BCUT2D eigenvalue weighted by atomic mass is 19.3. The summed E-state index contributed by atoms with van der Waals surface area (Å²) in [5.74, 6) is -6.88. The monoisotopic (exact) mass is 612 g/mol. The second-order valence-electron chi connectivity index (χ2n) is 10.7. The van der Waals surface area contributed by atoms with Crippen LogP contribution < -0.4 is 10.2 Å². The summed E-state index contributed by atoms with van der Waals surface area (Å²) >= 11 is 0. The molecule has 0 aliphatic carbocycles. The molecule has 230 valence electrons. The van der Waals surface area contributed by atoms with Crippen LogP contribution in [-0.2, 0) is 19.1 Å². The van der Waals surface area contributed by atoms with Crippen molar-refractivity contribution >= 4 is 35.1 Å². The number of esters is 2. The van der Waals surface area contributed by atoms with E-state index in [1.807, 2.05) is 43.3 Å². The Morgan fingerprint density at radius 2 is 1.38 bits per heavy atom.